The Kier molecular flexibility index (Phi) is 5.51. The first kappa shape index (κ1) is 17.0. The van der Waals surface area contributed by atoms with Crippen LogP contribution in [0.2, 0.25) is 0 Å². The van der Waals surface area contributed by atoms with Crippen LogP contribution in [0.3, 0.4) is 0 Å². The van der Waals surface area contributed by atoms with Crippen LogP contribution in [0, 0.1) is 0 Å². The van der Waals surface area contributed by atoms with Crippen LogP contribution in [-0.4, -0.2) is 53.9 Å². The summed E-state index contributed by atoms with van der Waals surface area (Å²) in [6.45, 7) is 4.03. The zero-order valence-electron chi connectivity index (χ0n) is 14.3. The summed E-state index contributed by atoms with van der Waals surface area (Å²) in [6, 6.07) is 10.0. The smallest absolute Gasteiger partial charge is 0.242 e. The summed E-state index contributed by atoms with van der Waals surface area (Å²) in [5.41, 5.74) is 1.09. The highest BCUT2D eigenvalue weighted by Crippen LogP contribution is 2.25. The van der Waals surface area contributed by atoms with Crippen LogP contribution in [0.25, 0.3) is 0 Å². The number of hydrogen-bond donors (Lipinski definition) is 0. The minimum Gasteiger partial charge on any atom is -0.367 e. The number of carbonyl (C=O) groups is 2. The SMILES string of the molecule is C[C@@H]1CN(C(=O)CN2CCCCCC2=O)C[C@@H](c2ccccc2)O1. The highest BCUT2D eigenvalue weighted by Gasteiger charge is 2.30. The van der Waals surface area contributed by atoms with Crippen molar-refractivity contribution in [3.05, 3.63) is 35.9 Å². The van der Waals surface area contributed by atoms with Gasteiger partial charge in [0.25, 0.3) is 0 Å². The van der Waals surface area contributed by atoms with E-state index in [0.29, 0.717) is 26.1 Å². The van der Waals surface area contributed by atoms with Gasteiger partial charge < -0.3 is 14.5 Å². The number of amides is 2. The van der Waals surface area contributed by atoms with Crippen molar-refractivity contribution < 1.29 is 14.3 Å². The quantitative estimate of drug-likeness (QED) is 0.855. The lowest BCUT2D eigenvalue weighted by Crippen LogP contribution is -2.50. The van der Waals surface area contributed by atoms with Crippen molar-refractivity contribution in [1.29, 1.82) is 0 Å². The van der Waals surface area contributed by atoms with E-state index in [9.17, 15) is 9.59 Å². The van der Waals surface area contributed by atoms with Gasteiger partial charge >= 0.3 is 0 Å². The van der Waals surface area contributed by atoms with Gasteiger partial charge in [0, 0.05) is 19.5 Å². The normalized spacial score (nSPS) is 25.5. The topological polar surface area (TPSA) is 49.9 Å². The monoisotopic (exact) mass is 330 g/mol. The Balaban J connectivity index is 1.64. The van der Waals surface area contributed by atoms with E-state index in [1.807, 2.05) is 42.2 Å². The van der Waals surface area contributed by atoms with Crippen LogP contribution in [0.5, 0.6) is 0 Å². The molecular formula is C19H26N2O3. The van der Waals surface area contributed by atoms with Gasteiger partial charge in [-0.2, -0.15) is 0 Å². The lowest BCUT2D eigenvalue weighted by atomic mass is 10.1. The zero-order chi connectivity index (χ0) is 16.9. The van der Waals surface area contributed by atoms with Gasteiger partial charge in [-0.25, -0.2) is 0 Å². The van der Waals surface area contributed by atoms with E-state index in [4.69, 9.17) is 4.74 Å². The maximum absolute atomic E-state index is 12.7. The standard InChI is InChI=1S/C19H26N2O3/c1-15-12-21(13-17(24-15)16-8-4-2-5-9-16)19(23)14-20-11-7-3-6-10-18(20)22/h2,4-5,8-9,15,17H,3,6-7,10-14H2,1H3/t15-,17+/m1/s1. The second-order valence-electron chi connectivity index (χ2n) is 6.77. The average Bonchev–Trinajstić information content (AvgIpc) is 2.80. The molecular weight excluding hydrogens is 304 g/mol. The number of likely N-dealkylation sites (tertiary alicyclic amines) is 1. The van der Waals surface area contributed by atoms with Crippen molar-refractivity contribution in [2.75, 3.05) is 26.2 Å². The molecule has 2 aliphatic rings. The molecule has 3 rings (SSSR count). The first-order chi connectivity index (χ1) is 11.6. The molecule has 2 amide bonds. The van der Waals surface area contributed by atoms with Gasteiger partial charge in [-0.1, -0.05) is 36.8 Å². The maximum Gasteiger partial charge on any atom is 0.242 e. The van der Waals surface area contributed by atoms with Crippen LogP contribution in [0.4, 0.5) is 0 Å². The fraction of sp³-hybridized carbons (Fsp3) is 0.579. The van der Waals surface area contributed by atoms with Gasteiger partial charge in [0.05, 0.1) is 19.2 Å². The van der Waals surface area contributed by atoms with Crippen molar-refractivity contribution in [2.24, 2.45) is 0 Å². The largest absolute Gasteiger partial charge is 0.367 e. The molecule has 2 heterocycles. The molecule has 2 atom stereocenters. The second kappa shape index (κ2) is 7.79. The van der Waals surface area contributed by atoms with E-state index >= 15 is 0 Å². The summed E-state index contributed by atoms with van der Waals surface area (Å²) >= 11 is 0. The number of carbonyl (C=O) groups excluding carboxylic acids is 2. The molecule has 1 aromatic carbocycles. The molecule has 0 saturated carbocycles. The Morgan fingerprint density at radius 3 is 2.75 bits per heavy atom. The number of morpholine rings is 1. The molecule has 2 aliphatic heterocycles. The Hall–Kier alpha value is -1.88. The van der Waals surface area contributed by atoms with Crippen LogP contribution in [0.1, 0.15) is 44.3 Å². The molecule has 24 heavy (non-hydrogen) atoms. The van der Waals surface area contributed by atoms with Crippen LogP contribution in [0.15, 0.2) is 30.3 Å². The van der Waals surface area contributed by atoms with E-state index in [1.165, 1.54) is 0 Å². The van der Waals surface area contributed by atoms with Crippen molar-refractivity contribution in [1.82, 2.24) is 9.80 Å². The maximum atomic E-state index is 12.7. The van der Waals surface area contributed by atoms with Crippen LogP contribution < -0.4 is 0 Å². The van der Waals surface area contributed by atoms with Gasteiger partial charge in [-0.3, -0.25) is 9.59 Å². The molecule has 0 unspecified atom stereocenters. The van der Waals surface area contributed by atoms with Gasteiger partial charge in [-0.05, 0) is 25.3 Å². The van der Waals surface area contributed by atoms with E-state index < -0.39 is 0 Å². The van der Waals surface area contributed by atoms with Crippen LogP contribution >= 0.6 is 0 Å². The molecule has 0 aliphatic carbocycles. The minimum absolute atomic E-state index is 0.00672. The average molecular weight is 330 g/mol. The van der Waals surface area contributed by atoms with Crippen LogP contribution in [-0.2, 0) is 14.3 Å². The molecule has 0 aromatic heterocycles. The predicted molar refractivity (Wildman–Crippen MR) is 91.4 cm³/mol. The molecule has 0 bridgehead atoms. The highest BCUT2D eigenvalue weighted by atomic mass is 16.5. The molecule has 0 radical (unpaired) electrons. The molecule has 5 nitrogen and oxygen atoms in total. The van der Waals surface area contributed by atoms with Gasteiger partial charge in [0.1, 0.15) is 6.10 Å². The lowest BCUT2D eigenvalue weighted by molar-refractivity contribution is -0.149. The van der Waals surface area contributed by atoms with E-state index in [1.54, 1.807) is 4.90 Å². The summed E-state index contributed by atoms with van der Waals surface area (Å²) < 4.78 is 6.01. The van der Waals surface area contributed by atoms with Gasteiger partial charge in [-0.15, -0.1) is 0 Å². The van der Waals surface area contributed by atoms with Crippen molar-refractivity contribution in [3.8, 4) is 0 Å². The summed E-state index contributed by atoms with van der Waals surface area (Å²) in [5.74, 6) is 0.142. The Bertz CT molecular complexity index is 575. The number of ether oxygens (including phenoxy) is 1. The third-order valence-electron chi connectivity index (χ3n) is 4.78. The Morgan fingerprint density at radius 2 is 1.96 bits per heavy atom. The number of nitrogens with zero attached hydrogens (tertiary/aromatic N) is 2. The van der Waals surface area contributed by atoms with Crippen molar-refractivity contribution in [3.63, 3.8) is 0 Å². The minimum atomic E-state index is -0.0984. The fourth-order valence-corrected chi connectivity index (χ4v) is 3.48. The summed E-state index contributed by atoms with van der Waals surface area (Å²) in [6.07, 6.45) is 3.46. The first-order valence-corrected chi connectivity index (χ1v) is 8.89. The molecule has 1 aromatic rings. The predicted octanol–water partition coefficient (Wildman–Crippen LogP) is 2.38. The highest BCUT2D eigenvalue weighted by molar-refractivity contribution is 5.85. The van der Waals surface area contributed by atoms with E-state index in [0.717, 1.165) is 24.8 Å². The number of hydrogen-bond acceptors (Lipinski definition) is 3. The third kappa shape index (κ3) is 4.15. The first-order valence-electron chi connectivity index (χ1n) is 8.89. The Morgan fingerprint density at radius 1 is 1.17 bits per heavy atom. The molecule has 130 valence electrons. The van der Waals surface area contributed by atoms with E-state index in [-0.39, 0.29) is 30.6 Å². The third-order valence-corrected chi connectivity index (χ3v) is 4.78. The molecule has 0 N–H and O–H groups in total. The van der Waals surface area contributed by atoms with Crippen molar-refractivity contribution in [2.45, 2.75) is 44.8 Å². The number of benzene rings is 1. The summed E-state index contributed by atoms with van der Waals surface area (Å²) in [4.78, 5) is 28.4. The molecule has 0 spiro atoms. The summed E-state index contributed by atoms with van der Waals surface area (Å²) in [5, 5.41) is 0. The molecule has 5 heteroatoms. The second-order valence-corrected chi connectivity index (χ2v) is 6.77. The van der Waals surface area contributed by atoms with Crippen molar-refractivity contribution >= 4 is 11.8 Å². The molecule has 2 fully saturated rings. The fourth-order valence-electron chi connectivity index (χ4n) is 3.48. The van der Waals surface area contributed by atoms with Gasteiger partial charge in [0.15, 0.2) is 0 Å². The number of rotatable bonds is 3. The van der Waals surface area contributed by atoms with E-state index in [2.05, 4.69) is 0 Å². The summed E-state index contributed by atoms with van der Waals surface area (Å²) in [7, 11) is 0. The Labute approximate surface area is 143 Å². The zero-order valence-corrected chi connectivity index (χ0v) is 14.3. The molecule has 2 saturated heterocycles. The lowest BCUT2D eigenvalue weighted by Gasteiger charge is -2.38. The van der Waals surface area contributed by atoms with Gasteiger partial charge in [0.2, 0.25) is 11.8 Å².